The van der Waals surface area contributed by atoms with E-state index < -0.39 is 5.91 Å². The molecule has 2 rings (SSSR count). The van der Waals surface area contributed by atoms with Gasteiger partial charge in [-0.1, -0.05) is 15.9 Å². The van der Waals surface area contributed by atoms with Crippen molar-refractivity contribution in [3.8, 4) is 0 Å². The van der Waals surface area contributed by atoms with E-state index >= 15 is 0 Å². The molecule has 0 radical (unpaired) electrons. The van der Waals surface area contributed by atoms with E-state index in [9.17, 15) is 4.79 Å². The standard InChI is InChI=1S/C14H17BrN4O/c1-8(2)19(7-13(17)20)14-10-5-9(15)3-4-12(10)18-6-11(14)16/h3-6,8H,7,16H2,1-2H3,(H2,17,20). The number of aromatic nitrogens is 1. The second-order valence-electron chi connectivity index (χ2n) is 4.91. The number of primary amides is 1. The number of anilines is 2. The summed E-state index contributed by atoms with van der Waals surface area (Å²) < 4.78 is 0.932. The van der Waals surface area contributed by atoms with Crippen LogP contribution in [0, 0.1) is 0 Å². The van der Waals surface area contributed by atoms with Crippen LogP contribution >= 0.6 is 15.9 Å². The minimum Gasteiger partial charge on any atom is -0.396 e. The molecular weight excluding hydrogens is 320 g/mol. The predicted octanol–water partition coefficient (Wildman–Crippen LogP) is 2.28. The minimum atomic E-state index is -0.391. The van der Waals surface area contributed by atoms with Gasteiger partial charge in [0.2, 0.25) is 5.91 Å². The Morgan fingerprint density at radius 2 is 2.15 bits per heavy atom. The number of carbonyl (C=O) groups excluding carboxylic acids is 1. The number of benzene rings is 1. The fraction of sp³-hybridized carbons (Fsp3) is 0.286. The number of amides is 1. The number of hydrogen-bond acceptors (Lipinski definition) is 4. The van der Waals surface area contributed by atoms with Gasteiger partial charge in [0.25, 0.3) is 0 Å². The summed E-state index contributed by atoms with van der Waals surface area (Å²) in [5.41, 5.74) is 13.6. The molecule has 0 aliphatic carbocycles. The number of hydrogen-bond donors (Lipinski definition) is 2. The highest BCUT2D eigenvalue weighted by Crippen LogP contribution is 2.34. The van der Waals surface area contributed by atoms with Crippen molar-refractivity contribution in [3.63, 3.8) is 0 Å². The van der Waals surface area contributed by atoms with Crippen molar-refractivity contribution in [2.45, 2.75) is 19.9 Å². The number of carbonyl (C=O) groups is 1. The van der Waals surface area contributed by atoms with Crippen molar-refractivity contribution in [3.05, 3.63) is 28.9 Å². The lowest BCUT2D eigenvalue weighted by atomic mass is 10.1. The molecule has 4 N–H and O–H groups in total. The van der Waals surface area contributed by atoms with Gasteiger partial charge in [0.05, 0.1) is 29.6 Å². The van der Waals surface area contributed by atoms with Gasteiger partial charge in [-0.3, -0.25) is 9.78 Å². The van der Waals surface area contributed by atoms with Crippen molar-refractivity contribution in [2.24, 2.45) is 5.73 Å². The SMILES string of the molecule is CC(C)N(CC(N)=O)c1c(N)cnc2ccc(Br)cc12. The maximum absolute atomic E-state index is 11.3. The van der Waals surface area contributed by atoms with Crippen molar-refractivity contribution < 1.29 is 4.79 Å². The summed E-state index contributed by atoms with van der Waals surface area (Å²) in [7, 11) is 0. The van der Waals surface area contributed by atoms with E-state index in [1.54, 1.807) is 6.20 Å². The monoisotopic (exact) mass is 336 g/mol. The fourth-order valence-corrected chi connectivity index (χ4v) is 2.54. The Balaban J connectivity index is 2.69. The van der Waals surface area contributed by atoms with Gasteiger partial charge in [0, 0.05) is 15.9 Å². The molecule has 0 spiro atoms. The number of nitrogens with zero attached hydrogens (tertiary/aromatic N) is 2. The third-order valence-electron chi connectivity index (χ3n) is 3.07. The summed E-state index contributed by atoms with van der Waals surface area (Å²) in [6.45, 7) is 4.10. The van der Waals surface area contributed by atoms with Crippen LogP contribution in [0.25, 0.3) is 10.9 Å². The number of nitrogen functional groups attached to an aromatic ring is 1. The van der Waals surface area contributed by atoms with Gasteiger partial charge >= 0.3 is 0 Å². The van der Waals surface area contributed by atoms with Crippen molar-refractivity contribution in [1.29, 1.82) is 0 Å². The maximum Gasteiger partial charge on any atom is 0.236 e. The topological polar surface area (TPSA) is 85.2 Å². The predicted molar refractivity (Wildman–Crippen MR) is 85.5 cm³/mol. The third kappa shape index (κ3) is 2.85. The highest BCUT2D eigenvalue weighted by Gasteiger charge is 2.19. The van der Waals surface area contributed by atoms with E-state index in [1.807, 2.05) is 36.9 Å². The molecule has 106 valence electrons. The first-order chi connectivity index (χ1) is 9.40. The molecule has 2 aromatic rings. The molecular formula is C14H17BrN4O. The van der Waals surface area contributed by atoms with E-state index in [2.05, 4.69) is 20.9 Å². The molecule has 0 atom stereocenters. The van der Waals surface area contributed by atoms with Gasteiger partial charge in [-0.2, -0.15) is 0 Å². The summed E-state index contributed by atoms with van der Waals surface area (Å²) in [6.07, 6.45) is 1.61. The Bertz CT molecular complexity index is 652. The Morgan fingerprint density at radius 3 is 2.75 bits per heavy atom. The lowest BCUT2D eigenvalue weighted by Gasteiger charge is -2.29. The molecule has 1 aromatic heterocycles. The number of halogens is 1. The maximum atomic E-state index is 11.3. The Hall–Kier alpha value is -1.82. The Kier molecular flexibility index (Phi) is 4.13. The molecule has 20 heavy (non-hydrogen) atoms. The van der Waals surface area contributed by atoms with Crippen LogP contribution in [0.1, 0.15) is 13.8 Å². The first-order valence-corrected chi connectivity index (χ1v) is 7.08. The molecule has 0 unspecified atom stereocenters. The molecule has 0 fully saturated rings. The van der Waals surface area contributed by atoms with Crippen LogP contribution in [0.2, 0.25) is 0 Å². The average molecular weight is 337 g/mol. The van der Waals surface area contributed by atoms with Crippen LogP contribution in [0.5, 0.6) is 0 Å². The van der Waals surface area contributed by atoms with Gasteiger partial charge in [0.1, 0.15) is 0 Å². The van der Waals surface area contributed by atoms with Gasteiger partial charge in [0.15, 0.2) is 0 Å². The first-order valence-electron chi connectivity index (χ1n) is 6.29. The van der Waals surface area contributed by atoms with Crippen LogP contribution in [-0.2, 0) is 4.79 Å². The lowest BCUT2D eigenvalue weighted by Crippen LogP contribution is -2.39. The summed E-state index contributed by atoms with van der Waals surface area (Å²) in [4.78, 5) is 17.5. The van der Waals surface area contributed by atoms with E-state index in [4.69, 9.17) is 11.5 Å². The summed E-state index contributed by atoms with van der Waals surface area (Å²) in [5.74, 6) is -0.391. The molecule has 1 aromatic carbocycles. The highest BCUT2D eigenvalue weighted by atomic mass is 79.9. The van der Waals surface area contributed by atoms with Crippen molar-refractivity contribution in [2.75, 3.05) is 17.2 Å². The van der Waals surface area contributed by atoms with Crippen molar-refractivity contribution >= 4 is 44.1 Å². The van der Waals surface area contributed by atoms with Gasteiger partial charge in [-0.25, -0.2) is 0 Å². The lowest BCUT2D eigenvalue weighted by molar-refractivity contribution is -0.116. The Morgan fingerprint density at radius 1 is 1.45 bits per heavy atom. The number of pyridine rings is 1. The number of fused-ring (bicyclic) bond motifs is 1. The van der Waals surface area contributed by atoms with Gasteiger partial charge in [-0.15, -0.1) is 0 Å². The molecule has 6 heteroatoms. The third-order valence-corrected chi connectivity index (χ3v) is 3.56. The van der Waals surface area contributed by atoms with Crippen LogP contribution in [-0.4, -0.2) is 23.5 Å². The highest BCUT2D eigenvalue weighted by molar-refractivity contribution is 9.10. The zero-order valence-electron chi connectivity index (χ0n) is 11.4. The molecule has 0 bridgehead atoms. The minimum absolute atomic E-state index is 0.0920. The van der Waals surface area contributed by atoms with Gasteiger partial charge in [-0.05, 0) is 32.0 Å². The smallest absolute Gasteiger partial charge is 0.236 e. The summed E-state index contributed by atoms with van der Waals surface area (Å²) in [5, 5.41) is 0.898. The number of nitrogens with two attached hydrogens (primary N) is 2. The summed E-state index contributed by atoms with van der Waals surface area (Å²) in [6, 6.07) is 5.87. The largest absolute Gasteiger partial charge is 0.396 e. The normalized spacial score (nSPS) is 11.0. The van der Waals surface area contributed by atoms with E-state index in [-0.39, 0.29) is 12.6 Å². The fourth-order valence-electron chi connectivity index (χ4n) is 2.17. The van der Waals surface area contributed by atoms with Crippen LogP contribution in [0.4, 0.5) is 11.4 Å². The summed E-state index contributed by atoms with van der Waals surface area (Å²) >= 11 is 3.45. The van der Waals surface area contributed by atoms with Crippen molar-refractivity contribution in [1.82, 2.24) is 4.98 Å². The molecule has 1 amide bonds. The van der Waals surface area contributed by atoms with Crippen LogP contribution in [0.15, 0.2) is 28.9 Å². The molecule has 0 aliphatic rings. The zero-order chi connectivity index (χ0) is 14.9. The number of rotatable bonds is 4. The van der Waals surface area contributed by atoms with E-state index in [0.29, 0.717) is 5.69 Å². The van der Waals surface area contributed by atoms with E-state index in [0.717, 1.165) is 21.1 Å². The Labute approximate surface area is 126 Å². The molecule has 0 aliphatic heterocycles. The molecule has 5 nitrogen and oxygen atoms in total. The average Bonchev–Trinajstić information content (AvgIpc) is 2.36. The first kappa shape index (κ1) is 14.6. The zero-order valence-corrected chi connectivity index (χ0v) is 13.0. The second kappa shape index (κ2) is 5.66. The second-order valence-corrected chi connectivity index (χ2v) is 5.83. The quantitative estimate of drug-likeness (QED) is 0.896. The van der Waals surface area contributed by atoms with Crippen LogP contribution in [0.3, 0.4) is 0 Å². The van der Waals surface area contributed by atoms with E-state index in [1.165, 1.54) is 0 Å². The molecule has 1 heterocycles. The van der Waals surface area contributed by atoms with Gasteiger partial charge < -0.3 is 16.4 Å². The molecule has 0 saturated heterocycles. The van der Waals surface area contributed by atoms with Crippen LogP contribution < -0.4 is 16.4 Å². The molecule has 0 saturated carbocycles.